The van der Waals surface area contributed by atoms with Crippen LogP contribution in [0.5, 0.6) is 0 Å². The van der Waals surface area contributed by atoms with E-state index in [0.29, 0.717) is 19.1 Å². The SMILES string of the molecule is CCn1cc(S(=O)(=O)NCC(F)F)cc1CNC1CC1. The Labute approximate surface area is 117 Å². The van der Waals surface area contributed by atoms with Gasteiger partial charge in [0.2, 0.25) is 10.0 Å². The highest BCUT2D eigenvalue weighted by Gasteiger charge is 2.22. The Hall–Kier alpha value is -0.990. The van der Waals surface area contributed by atoms with Crippen molar-refractivity contribution in [1.29, 1.82) is 0 Å². The molecule has 0 atom stereocenters. The van der Waals surface area contributed by atoms with Gasteiger partial charge in [-0.2, -0.15) is 0 Å². The van der Waals surface area contributed by atoms with Gasteiger partial charge in [-0.1, -0.05) is 0 Å². The minimum Gasteiger partial charge on any atom is -0.349 e. The topological polar surface area (TPSA) is 63.1 Å². The van der Waals surface area contributed by atoms with Gasteiger partial charge in [0, 0.05) is 31.0 Å². The summed E-state index contributed by atoms with van der Waals surface area (Å²) in [6.07, 6.45) is 1.08. The Morgan fingerprint density at radius 3 is 2.70 bits per heavy atom. The lowest BCUT2D eigenvalue weighted by molar-refractivity contribution is 0.153. The van der Waals surface area contributed by atoms with Crippen molar-refractivity contribution in [3.63, 3.8) is 0 Å². The van der Waals surface area contributed by atoms with Gasteiger partial charge in [0.15, 0.2) is 0 Å². The molecule has 2 N–H and O–H groups in total. The normalized spacial score (nSPS) is 16.0. The van der Waals surface area contributed by atoms with E-state index in [9.17, 15) is 17.2 Å². The number of halogens is 2. The van der Waals surface area contributed by atoms with Crippen LogP contribution in [0.3, 0.4) is 0 Å². The average molecular weight is 307 g/mol. The molecule has 0 aliphatic heterocycles. The van der Waals surface area contributed by atoms with E-state index in [1.807, 2.05) is 16.2 Å². The highest BCUT2D eigenvalue weighted by Crippen LogP contribution is 2.20. The number of nitrogens with one attached hydrogen (secondary N) is 2. The summed E-state index contributed by atoms with van der Waals surface area (Å²) >= 11 is 0. The standard InChI is InChI=1S/C12H19F2N3O2S/c1-2-17-8-11(20(18,19)16-7-12(13)14)5-10(17)6-15-9-3-4-9/h5,8-9,12,15-16H,2-4,6-7H2,1H3. The quantitative estimate of drug-likeness (QED) is 0.761. The molecule has 0 spiro atoms. The van der Waals surface area contributed by atoms with Gasteiger partial charge in [-0.3, -0.25) is 0 Å². The Bertz CT molecular complexity index is 553. The number of hydrogen-bond donors (Lipinski definition) is 2. The second-order valence-corrected chi connectivity index (χ2v) is 6.62. The van der Waals surface area contributed by atoms with Crippen molar-refractivity contribution in [1.82, 2.24) is 14.6 Å². The summed E-state index contributed by atoms with van der Waals surface area (Å²) in [5, 5.41) is 3.31. The van der Waals surface area contributed by atoms with Crippen molar-refractivity contribution in [2.45, 2.75) is 50.2 Å². The highest BCUT2D eigenvalue weighted by molar-refractivity contribution is 7.89. The molecule has 2 rings (SSSR count). The van der Waals surface area contributed by atoms with Gasteiger partial charge in [0.1, 0.15) is 0 Å². The van der Waals surface area contributed by atoms with E-state index in [1.54, 1.807) is 0 Å². The molecule has 1 aromatic heterocycles. The zero-order valence-electron chi connectivity index (χ0n) is 11.3. The molecule has 1 aromatic rings. The summed E-state index contributed by atoms with van der Waals surface area (Å²) in [4.78, 5) is 0.0348. The fourth-order valence-corrected chi connectivity index (χ4v) is 2.98. The Kier molecular flexibility index (Phi) is 4.77. The van der Waals surface area contributed by atoms with Crippen LogP contribution >= 0.6 is 0 Å². The lowest BCUT2D eigenvalue weighted by Gasteiger charge is -2.06. The number of aryl methyl sites for hydroxylation is 1. The molecule has 0 bridgehead atoms. The zero-order chi connectivity index (χ0) is 14.8. The first-order valence-corrected chi connectivity index (χ1v) is 8.11. The molecule has 1 aliphatic rings. The maximum Gasteiger partial charge on any atom is 0.251 e. The molecular weight excluding hydrogens is 288 g/mol. The highest BCUT2D eigenvalue weighted by atomic mass is 32.2. The van der Waals surface area contributed by atoms with Gasteiger partial charge in [-0.05, 0) is 25.8 Å². The second-order valence-electron chi connectivity index (χ2n) is 4.85. The molecule has 8 heteroatoms. The first-order chi connectivity index (χ1) is 9.42. The maximum atomic E-state index is 12.1. The molecule has 114 valence electrons. The third-order valence-corrected chi connectivity index (χ3v) is 4.58. The van der Waals surface area contributed by atoms with Crippen molar-refractivity contribution < 1.29 is 17.2 Å². The molecule has 1 aliphatic carbocycles. The van der Waals surface area contributed by atoms with E-state index in [-0.39, 0.29) is 4.90 Å². The Morgan fingerprint density at radius 2 is 2.15 bits per heavy atom. The molecule has 0 unspecified atom stereocenters. The summed E-state index contributed by atoms with van der Waals surface area (Å²) < 4.78 is 51.7. The van der Waals surface area contributed by atoms with Crippen molar-refractivity contribution in [3.05, 3.63) is 18.0 Å². The Balaban J connectivity index is 2.10. The average Bonchev–Trinajstić information content (AvgIpc) is 3.12. The predicted molar refractivity (Wildman–Crippen MR) is 71.2 cm³/mol. The molecule has 0 amide bonds. The van der Waals surface area contributed by atoms with Crippen LogP contribution in [-0.4, -0.2) is 32.0 Å². The van der Waals surface area contributed by atoms with Gasteiger partial charge in [0.25, 0.3) is 6.43 Å². The fourth-order valence-electron chi connectivity index (χ4n) is 1.91. The summed E-state index contributed by atoms with van der Waals surface area (Å²) in [6, 6.07) is 2.05. The molecule has 5 nitrogen and oxygen atoms in total. The third kappa shape index (κ3) is 4.00. The minimum absolute atomic E-state index is 0.0348. The summed E-state index contributed by atoms with van der Waals surface area (Å²) in [5.74, 6) is 0. The first kappa shape index (κ1) is 15.4. The van der Waals surface area contributed by atoms with Crippen LogP contribution in [0.4, 0.5) is 8.78 Å². The minimum atomic E-state index is -3.87. The van der Waals surface area contributed by atoms with Crippen molar-refractivity contribution in [3.8, 4) is 0 Å². The van der Waals surface area contributed by atoms with Crippen LogP contribution in [-0.2, 0) is 23.1 Å². The number of alkyl halides is 2. The van der Waals surface area contributed by atoms with E-state index in [4.69, 9.17) is 0 Å². The van der Waals surface area contributed by atoms with E-state index in [1.165, 1.54) is 12.3 Å². The van der Waals surface area contributed by atoms with Crippen LogP contribution in [0, 0.1) is 0 Å². The van der Waals surface area contributed by atoms with E-state index < -0.39 is 23.0 Å². The lowest BCUT2D eigenvalue weighted by Crippen LogP contribution is -2.28. The fraction of sp³-hybridized carbons (Fsp3) is 0.667. The van der Waals surface area contributed by atoms with Crippen molar-refractivity contribution in [2.24, 2.45) is 0 Å². The van der Waals surface area contributed by atoms with Crippen LogP contribution in [0.15, 0.2) is 17.2 Å². The van der Waals surface area contributed by atoms with Crippen molar-refractivity contribution in [2.75, 3.05) is 6.54 Å². The lowest BCUT2D eigenvalue weighted by atomic mass is 10.4. The van der Waals surface area contributed by atoms with Crippen LogP contribution in [0.1, 0.15) is 25.5 Å². The molecular formula is C12H19F2N3O2S. The number of rotatable bonds is 8. The van der Waals surface area contributed by atoms with Crippen LogP contribution in [0.2, 0.25) is 0 Å². The molecule has 1 heterocycles. The molecule has 1 saturated carbocycles. The number of nitrogens with zero attached hydrogens (tertiary/aromatic N) is 1. The van der Waals surface area contributed by atoms with E-state index in [2.05, 4.69) is 5.32 Å². The van der Waals surface area contributed by atoms with Gasteiger partial charge >= 0.3 is 0 Å². The molecule has 1 fully saturated rings. The van der Waals surface area contributed by atoms with Crippen molar-refractivity contribution >= 4 is 10.0 Å². The van der Waals surface area contributed by atoms with E-state index in [0.717, 1.165) is 18.5 Å². The van der Waals surface area contributed by atoms with Gasteiger partial charge < -0.3 is 9.88 Å². The van der Waals surface area contributed by atoms with Crippen LogP contribution < -0.4 is 10.0 Å². The second kappa shape index (κ2) is 6.19. The van der Waals surface area contributed by atoms with Gasteiger partial charge in [-0.25, -0.2) is 21.9 Å². The summed E-state index contributed by atoms with van der Waals surface area (Å²) in [5.41, 5.74) is 0.844. The Morgan fingerprint density at radius 1 is 1.45 bits per heavy atom. The van der Waals surface area contributed by atoms with Crippen LogP contribution in [0.25, 0.3) is 0 Å². The third-order valence-electron chi connectivity index (χ3n) is 3.19. The number of sulfonamides is 1. The molecule has 0 saturated heterocycles. The van der Waals surface area contributed by atoms with Gasteiger partial charge in [0.05, 0.1) is 11.4 Å². The predicted octanol–water partition coefficient (Wildman–Crippen LogP) is 1.30. The largest absolute Gasteiger partial charge is 0.349 e. The summed E-state index contributed by atoms with van der Waals surface area (Å²) in [6.45, 7) is 2.26. The smallest absolute Gasteiger partial charge is 0.251 e. The van der Waals surface area contributed by atoms with Gasteiger partial charge in [-0.15, -0.1) is 0 Å². The first-order valence-electron chi connectivity index (χ1n) is 6.62. The molecule has 0 aromatic carbocycles. The number of aromatic nitrogens is 1. The molecule has 0 radical (unpaired) electrons. The zero-order valence-corrected chi connectivity index (χ0v) is 12.1. The maximum absolute atomic E-state index is 12.1. The monoisotopic (exact) mass is 307 g/mol. The van der Waals surface area contributed by atoms with E-state index >= 15 is 0 Å². The number of hydrogen-bond acceptors (Lipinski definition) is 3. The molecule has 20 heavy (non-hydrogen) atoms. The summed E-state index contributed by atoms with van der Waals surface area (Å²) in [7, 11) is -3.87.